The standard InChI is InChI=1S/C36H30N3O10P3/c40-29-19-7-11-23-33(29)46-51(47-34-24-12-8-20-30(34)41)37-50(44-27-15-3-1-4-16-27,45-28-17-5-2-6-18-28)38-52(39-51,48-35-25-13-9-21-31(35)42)49-36-26-14-10-22-32(36)43/h1-26,40-43H. The van der Waals surface area contributed by atoms with Crippen LogP contribution in [0.4, 0.5) is 0 Å². The molecule has 0 fully saturated rings. The maximum absolute atomic E-state index is 11.0. The van der Waals surface area contributed by atoms with Gasteiger partial charge in [0, 0.05) is 0 Å². The predicted molar refractivity (Wildman–Crippen MR) is 197 cm³/mol. The van der Waals surface area contributed by atoms with Crippen LogP contribution in [0.15, 0.2) is 171 Å². The van der Waals surface area contributed by atoms with Gasteiger partial charge in [-0.1, -0.05) is 98.5 Å². The Hall–Kier alpha value is -5.99. The van der Waals surface area contributed by atoms with Crippen LogP contribution in [0.3, 0.4) is 0 Å². The molecule has 7 rings (SSSR count). The van der Waals surface area contributed by atoms with Crippen LogP contribution in [0.2, 0.25) is 0 Å². The second-order valence-corrected chi connectivity index (χ2v) is 17.0. The third-order valence-corrected chi connectivity index (χ3v) is 15.0. The summed E-state index contributed by atoms with van der Waals surface area (Å²) in [5, 5.41) is 43.8. The predicted octanol–water partition coefficient (Wildman–Crippen LogP) is 11.1. The van der Waals surface area contributed by atoms with Gasteiger partial charge in [-0.05, 0) is 72.8 Å². The van der Waals surface area contributed by atoms with Crippen molar-refractivity contribution in [1.82, 2.24) is 0 Å². The van der Waals surface area contributed by atoms with E-state index < -0.39 is 23.0 Å². The highest BCUT2D eigenvalue weighted by molar-refractivity contribution is 7.79. The minimum atomic E-state index is -4.44. The number of rotatable bonds is 12. The molecule has 6 aromatic carbocycles. The Balaban J connectivity index is 1.60. The number of hydrogen-bond donors (Lipinski definition) is 4. The Morgan fingerprint density at radius 1 is 0.288 bits per heavy atom. The van der Waals surface area contributed by atoms with Gasteiger partial charge in [-0.25, -0.2) is 0 Å². The van der Waals surface area contributed by atoms with E-state index in [0.29, 0.717) is 0 Å². The first-order chi connectivity index (χ1) is 25.2. The second kappa shape index (κ2) is 14.7. The summed E-state index contributed by atoms with van der Waals surface area (Å²) < 4.78 is 54.0. The van der Waals surface area contributed by atoms with Crippen molar-refractivity contribution in [2.75, 3.05) is 0 Å². The SMILES string of the molecule is Oc1ccccc1OP1(Oc2ccccc2O)=NP(Oc2ccccc2)(Oc2ccccc2)=NP(Oc2ccccc2O)(Oc2ccccc2O)=N1. The van der Waals surface area contributed by atoms with Crippen molar-refractivity contribution in [2.45, 2.75) is 0 Å². The van der Waals surface area contributed by atoms with Gasteiger partial charge in [0.2, 0.25) is 0 Å². The molecule has 1 heterocycles. The molecule has 0 spiro atoms. The number of phenols is 4. The molecule has 1 aliphatic rings. The molecule has 4 N–H and O–H groups in total. The van der Waals surface area contributed by atoms with Gasteiger partial charge < -0.3 is 47.6 Å². The lowest BCUT2D eigenvalue weighted by Gasteiger charge is -2.33. The molecular formula is C36H30N3O10P3. The molecule has 0 radical (unpaired) electrons. The van der Waals surface area contributed by atoms with Gasteiger partial charge >= 0.3 is 23.0 Å². The highest BCUT2D eigenvalue weighted by Crippen LogP contribution is 2.79. The van der Waals surface area contributed by atoms with Crippen LogP contribution >= 0.6 is 23.0 Å². The summed E-state index contributed by atoms with van der Waals surface area (Å²) in [6, 6.07) is 41.4. The lowest BCUT2D eigenvalue weighted by molar-refractivity contribution is 0.394. The van der Waals surface area contributed by atoms with Gasteiger partial charge in [-0.3, -0.25) is 0 Å². The fraction of sp³-hybridized carbons (Fsp3) is 0. The van der Waals surface area contributed by atoms with Crippen molar-refractivity contribution in [3.63, 3.8) is 0 Å². The summed E-state index contributed by atoms with van der Waals surface area (Å²) >= 11 is 0. The van der Waals surface area contributed by atoms with Gasteiger partial charge in [0.15, 0.2) is 46.0 Å². The first-order valence-electron chi connectivity index (χ1n) is 15.5. The van der Waals surface area contributed by atoms with Crippen LogP contribution in [0.25, 0.3) is 0 Å². The summed E-state index contributed by atoms with van der Waals surface area (Å²) in [6.07, 6.45) is 0. The largest absolute Gasteiger partial charge is 0.504 e. The fourth-order valence-corrected chi connectivity index (χ4v) is 13.8. The molecule has 0 aromatic heterocycles. The number of benzene rings is 6. The summed E-state index contributed by atoms with van der Waals surface area (Å²) in [7, 11) is -13.1. The summed E-state index contributed by atoms with van der Waals surface area (Å²) in [6.45, 7) is 0. The van der Waals surface area contributed by atoms with Crippen LogP contribution in [0, 0.1) is 0 Å². The van der Waals surface area contributed by atoms with E-state index in [1.54, 1.807) is 109 Å². The molecule has 0 amide bonds. The molecule has 0 bridgehead atoms. The fourth-order valence-electron chi connectivity index (χ4n) is 4.64. The highest BCUT2D eigenvalue weighted by atomic mass is 31.3. The number of para-hydroxylation sites is 10. The minimum absolute atomic E-state index is 0.110. The minimum Gasteiger partial charge on any atom is -0.504 e. The smallest absolute Gasteiger partial charge is 0.461 e. The van der Waals surface area contributed by atoms with Gasteiger partial charge in [-0.15, -0.1) is 0 Å². The Morgan fingerprint density at radius 3 is 0.788 bits per heavy atom. The Morgan fingerprint density at radius 2 is 0.519 bits per heavy atom. The Bertz CT molecular complexity index is 2130. The Kier molecular flexibility index (Phi) is 9.74. The maximum atomic E-state index is 11.0. The molecule has 0 unspecified atom stereocenters. The van der Waals surface area contributed by atoms with Crippen LogP contribution in [0.1, 0.15) is 0 Å². The van der Waals surface area contributed by atoms with E-state index in [9.17, 15) is 20.4 Å². The first kappa shape index (κ1) is 34.5. The van der Waals surface area contributed by atoms with Gasteiger partial charge in [0.25, 0.3) is 0 Å². The van der Waals surface area contributed by atoms with Crippen molar-refractivity contribution in [3.8, 4) is 57.5 Å². The van der Waals surface area contributed by atoms with Gasteiger partial charge in [-0.2, -0.15) is 0 Å². The van der Waals surface area contributed by atoms with E-state index in [-0.39, 0.29) is 57.5 Å². The average molecular weight is 758 g/mol. The number of nitrogens with zero attached hydrogens (tertiary/aromatic N) is 3. The molecule has 0 saturated heterocycles. The van der Waals surface area contributed by atoms with Crippen molar-refractivity contribution in [3.05, 3.63) is 158 Å². The molecule has 13 nitrogen and oxygen atoms in total. The van der Waals surface area contributed by atoms with E-state index >= 15 is 0 Å². The summed E-state index contributed by atoms with van der Waals surface area (Å²) in [5.74, 6) is -1.07. The number of hydrogen-bond acceptors (Lipinski definition) is 13. The van der Waals surface area contributed by atoms with Crippen molar-refractivity contribution in [1.29, 1.82) is 0 Å². The molecule has 264 valence electrons. The topological polar surface area (TPSA) is 173 Å². The van der Waals surface area contributed by atoms with E-state index in [1.807, 2.05) is 0 Å². The lowest BCUT2D eigenvalue weighted by Crippen LogP contribution is -2.11. The van der Waals surface area contributed by atoms with Crippen LogP contribution < -0.4 is 27.1 Å². The quantitative estimate of drug-likeness (QED) is 0.0880. The third kappa shape index (κ3) is 7.82. The summed E-state index contributed by atoms with van der Waals surface area (Å²) in [5.41, 5.74) is 0. The number of phenolic OH excluding ortho intramolecular Hbond substituents is 4. The second-order valence-electron chi connectivity index (χ2n) is 10.8. The third-order valence-electron chi connectivity index (χ3n) is 6.94. The van der Waals surface area contributed by atoms with Crippen LogP contribution in [-0.4, -0.2) is 20.4 Å². The first-order valence-corrected chi connectivity index (χ1v) is 20.1. The van der Waals surface area contributed by atoms with Crippen molar-refractivity contribution < 1.29 is 47.6 Å². The van der Waals surface area contributed by atoms with E-state index in [0.717, 1.165) is 0 Å². The van der Waals surface area contributed by atoms with Crippen molar-refractivity contribution in [2.24, 2.45) is 13.5 Å². The highest BCUT2D eigenvalue weighted by Gasteiger charge is 2.49. The normalized spacial score (nSPS) is 15.0. The monoisotopic (exact) mass is 757 g/mol. The zero-order chi connectivity index (χ0) is 36.0. The Labute approximate surface area is 298 Å². The zero-order valence-electron chi connectivity index (χ0n) is 26.9. The van der Waals surface area contributed by atoms with Crippen LogP contribution in [0.5, 0.6) is 57.5 Å². The van der Waals surface area contributed by atoms with E-state index in [2.05, 4.69) is 0 Å². The van der Waals surface area contributed by atoms with Gasteiger partial charge in [0.05, 0.1) is 0 Å². The molecule has 1 aliphatic heterocycles. The van der Waals surface area contributed by atoms with E-state index in [4.69, 9.17) is 40.7 Å². The average Bonchev–Trinajstić information content (AvgIpc) is 3.13. The molecule has 6 aromatic rings. The lowest BCUT2D eigenvalue weighted by atomic mass is 10.3. The molecule has 0 saturated carbocycles. The molecule has 0 atom stereocenters. The zero-order valence-corrected chi connectivity index (χ0v) is 29.6. The molecule has 16 heteroatoms. The van der Waals surface area contributed by atoms with Crippen LogP contribution in [-0.2, 0) is 0 Å². The maximum Gasteiger partial charge on any atom is 0.461 e. The van der Waals surface area contributed by atoms with E-state index in [1.165, 1.54) is 48.5 Å². The molecular weight excluding hydrogens is 727 g/mol. The van der Waals surface area contributed by atoms with Gasteiger partial charge in [0.1, 0.15) is 11.5 Å². The molecule has 52 heavy (non-hydrogen) atoms. The van der Waals surface area contributed by atoms with Crippen molar-refractivity contribution >= 4 is 23.0 Å². The molecule has 0 aliphatic carbocycles. The number of aromatic hydroxyl groups is 4. The summed E-state index contributed by atoms with van der Waals surface area (Å²) in [4.78, 5) is 0.